The molecule has 0 unspecified atom stereocenters. The number of allylic oxidation sites excluding steroid dienone is 1. The van der Waals surface area contributed by atoms with Crippen molar-refractivity contribution in [2.24, 2.45) is 0 Å². The topological polar surface area (TPSA) is 40.9 Å². The van der Waals surface area contributed by atoms with Gasteiger partial charge in [0, 0.05) is 0 Å². The van der Waals surface area contributed by atoms with Crippen molar-refractivity contribution in [2.45, 2.75) is 6.92 Å². The fraction of sp³-hybridized carbons (Fsp3) is 0.0588. The first-order chi connectivity index (χ1) is 10.2. The molecule has 0 saturated heterocycles. The molecule has 2 aromatic carbocycles. The predicted octanol–water partition coefficient (Wildman–Crippen LogP) is 3.90. The van der Waals surface area contributed by atoms with E-state index < -0.39 is 15.0 Å². The van der Waals surface area contributed by atoms with Gasteiger partial charge in [-0.3, -0.25) is 0 Å². The Kier molecular flexibility index (Phi) is 5.36. The molecule has 0 aliphatic carbocycles. The van der Waals surface area contributed by atoms with Crippen LogP contribution in [0.5, 0.6) is 0 Å². The van der Waals surface area contributed by atoms with Crippen molar-refractivity contribution >= 4 is 42.9 Å². The van der Waals surface area contributed by atoms with Crippen molar-refractivity contribution in [2.75, 3.05) is 0 Å². The summed E-state index contributed by atoms with van der Waals surface area (Å²) in [6.07, 6.45) is 0.827. The van der Waals surface area contributed by atoms with Crippen LogP contribution in [0.3, 0.4) is 0 Å². The van der Waals surface area contributed by atoms with E-state index in [4.69, 9.17) is 16.9 Å². The zero-order valence-electron chi connectivity index (χ0n) is 11.3. The summed E-state index contributed by atoms with van der Waals surface area (Å²) in [5.41, 5.74) is 3.39. The third-order valence-corrected chi connectivity index (χ3v) is 4.81. The summed E-state index contributed by atoms with van der Waals surface area (Å²) in [5, 5.41) is 9.72. The molecule has 4 heteroatoms. The number of aryl methyl sites for hydroxylation is 1. The van der Waals surface area contributed by atoms with E-state index in [-0.39, 0.29) is 0 Å². The van der Waals surface area contributed by atoms with E-state index in [9.17, 15) is 4.79 Å². The summed E-state index contributed by atoms with van der Waals surface area (Å²) in [6.45, 7) is 1.99. The molecule has 0 bridgehead atoms. The zero-order valence-corrected chi connectivity index (χ0v) is 13.8. The Hall–Kier alpha value is -1.85. The summed E-state index contributed by atoms with van der Waals surface area (Å²) in [5.74, 6) is 0. The first kappa shape index (κ1) is 15.5. The molecule has 0 saturated carbocycles. The molecule has 2 rings (SSSR count). The third-order valence-electron chi connectivity index (χ3n) is 2.98. The molecular formula is C17H12ClNOSe. The molecule has 0 amide bonds. The molecule has 0 heterocycles. The van der Waals surface area contributed by atoms with Gasteiger partial charge in [-0.25, -0.2) is 0 Å². The first-order valence-corrected chi connectivity index (χ1v) is 8.33. The van der Waals surface area contributed by atoms with E-state index >= 15 is 0 Å². The van der Waals surface area contributed by atoms with E-state index in [1.807, 2.05) is 43.3 Å². The van der Waals surface area contributed by atoms with Crippen molar-refractivity contribution in [1.82, 2.24) is 0 Å². The Balaban J connectivity index is 2.59. The second-order valence-electron chi connectivity index (χ2n) is 4.43. The van der Waals surface area contributed by atoms with Gasteiger partial charge in [-0.15, -0.1) is 0 Å². The number of hydrogen-bond donors (Lipinski definition) is 0. The van der Waals surface area contributed by atoms with Gasteiger partial charge in [0.05, 0.1) is 0 Å². The predicted molar refractivity (Wildman–Crippen MR) is 86.9 cm³/mol. The van der Waals surface area contributed by atoms with E-state index in [2.05, 4.69) is 4.97 Å². The summed E-state index contributed by atoms with van der Waals surface area (Å²) in [7, 11) is 0. The Bertz CT molecular complexity index is 712. The average molecular weight is 361 g/mol. The fourth-order valence-electron chi connectivity index (χ4n) is 1.90. The standard InChI is InChI=1S/C17H12ClNOSe/c1-12-2-4-13(5-3-12)16(10-20)17(21-11-19)14-6-8-15(18)9-7-14/h2-10H,1H3/b17-16+. The molecule has 0 spiro atoms. The maximum absolute atomic E-state index is 11.6. The molecule has 21 heavy (non-hydrogen) atoms. The number of nitrogens with zero attached hydrogens (tertiary/aromatic N) is 1. The summed E-state index contributed by atoms with van der Waals surface area (Å²) >= 11 is 5.46. The number of carbonyl (C=O) groups is 1. The van der Waals surface area contributed by atoms with Crippen molar-refractivity contribution in [3.63, 3.8) is 0 Å². The van der Waals surface area contributed by atoms with Crippen LogP contribution in [0, 0.1) is 17.2 Å². The Labute approximate surface area is 135 Å². The normalized spacial score (nSPS) is 11.5. The molecule has 2 nitrogen and oxygen atoms in total. The Morgan fingerprint density at radius 1 is 1.10 bits per heavy atom. The molecule has 0 aromatic heterocycles. The second-order valence-corrected chi connectivity index (χ2v) is 6.53. The van der Waals surface area contributed by atoms with Crippen LogP contribution in [0.2, 0.25) is 5.02 Å². The van der Waals surface area contributed by atoms with Crippen LogP contribution in [0.25, 0.3) is 10.0 Å². The van der Waals surface area contributed by atoms with E-state index in [1.54, 1.807) is 12.1 Å². The number of halogens is 1. The van der Waals surface area contributed by atoms with Gasteiger partial charge < -0.3 is 0 Å². The van der Waals surface area contributed by atoms with Gasteiger partial charge in [-0.2, -0.15) is 0 Å². The second kappa shape index (κ2) is 7.24. The van der Waals surface area contributed by atoms with Crippen LogP contribution < -0.4 is 0 Å². The summed E-state index contributed by atoms with van der Waals surface area (Å²) < 4.78 is 0.778. The van der Waals surface area contributed by atoms with Gasteiger partial charge in [0.2, 0.25) is 0 Å². The Morgan fingerprint density at radius 3 is 2.19 bits per heavy atom. The fourth-order valence-corrected chi connectivity index (χ4v) is 3.33. The van der Waals surface area contributed by atoms with Crippen LogP contribution in [-0.2, 0) is 4.79 Å². The average Bonchev–Trinajstić information content (AvgIpc) is 2.50. The van der Waals surface area contributed by atoms with Gasteiger partial charge in [-0.1, -0.05) is 0 Å². The number of carbonyl (C=O) groups excluding carboxylic acids is 1. The minimum atomic E-state index is -0.436. The minimum absolute atomic E-state index is 0.436. The number of aldehydes is 1. The van der Waals surface area contributed by atoms with Gasteiger partial charge in [0.25, 0.3) is 0 Å². The molecule has 0 fully saturated rings. The van der Waals surface area contributed by atoms with Crippen molar-refractivity contribution < 1.29 is 4.79 Å². The van der Waals surface area contributed by atoms with Gasteiger partial charge in [0.15, 0.2) is 0 Å². The molecule has 0 N–H and O–H groups in total. The van der Waals surface area contributed by atoms with Crippen LogP contribution >= 0.6 is 11.6 Å². The number of hydrogen-bond acceptors (Lipinski definition) is 2. The van der Waals surface area contributed by atoms with Gasteiger partial charge in [-0.05, 0) is 0 Å². The summed E-state index contributed by atoms with van der Waals surface area (Å²) in [4.78, 5) is 13.8. The van der Waals surface area contributed by atoms with Crippen molar-refractivity contribution in [3.8, 4) is 4.97 Å². The van der Waals surface area contributed by atoms with Crippen LogP contribution in [-0.4, -0.2) is 21.2 Å². The molecule has 0 aliphatic heterocycles. The molecule has 0 atom stereocenters. The van der Waals surface area contributed by atoms with Crippen molar-refractivity contribution in [1.29, 1.82) is 5.26 Å². The third kappa shape index (κ3) is 3.83. The Morgan fingerprint density at radius 2 is 1.67 bits per heavy atom. The van der Waals surface area contributed by atoms with Gasteiger partial charge in [0.1, 0.15) is 0 Å². The van der Waals surface area contributed by atoms with Crippen LogP contribution in [0.15, 0.2) is 48.5 Å². The molecule has 2 aromatic rings. The van der Waals surface area contributed by atoms with Gasteiger partial charge >= 0.3 is 135 Å². The van der Waals surface area contributed by atoms with E-state index in [0.29, 0.717) is 10.6 Å². The number of benzene rings is 2. The van der Waals surface area contributed by atoms with Crippen molar-refractivity contribution in [3.05, 3.63) is 70.2 Å². The summed E-state index contributed by atoms with van der Waals surface area (Å²) in [6, 6.07) is 14.9. The first-order valence-electron chi connectivity index (χ1n) is 6.24. The van der Waals surface area contributed by atoms with E-state index in [0.717, 1.165) is 27.4 Å². The quantitative estimate of drug-likeness (QED) is 0.359. The molecule has 0 radical (unpaired) electrons. The molecular weight excluding hydrogens is 349 g/mol. The van der Waals surface area contributed by atoms with E-state index in [1.165, 1.54) is 0 Å². The van der Waals surface area contributed by atoms with Crippen LogP contribution in [0.1, 0.15) is 16.7 Å². The maximum atomic E-state index is 11.6. The number of rotatable bonds is 4. The molecule has 104 valence electrons. The molecule has 0 aliphatic rings. The SMILES string of the molecule is Cc1ccc(/C(C=O)=C(/[Se]C#N)c2ccc(Cl)cc2)cc1. The zero-order chi connectivity index (χ0) is 15.2. The van der Waals surface area contributed by atoms with Crippen LogP contribution in [0.4, 0.5) is 0 Å². The number of nitriles is 1. The monoisotopic (exact) mass is 361 g/mol.